The van der Waals surface area contributed by atoms with Crippen molar-refractivity contribution >= 4 is 19.8 Å². The summed E-state index contributed by atoms with van der Waals surface area (Å²) in [6, 6.07) is 0. The first-order valence-corrected chi connectivity index (χ1v) is 22.7. The zero-order valence-electron chi connectivity index (χ0n) is 35.1. The van der Waals surface area contributed by atoms with E-state index in [0.29, 0.717) is 6.42 Å². The van der Waals surface area contributed by atoms with Crippen molar-refractivity contribution in [2.24, 2.45) is 0 Å². The Balaban J connectivity index is 4.70. The highest BCUT2D eigenvalue weighted by Gasteiger charge is 2.27. The molecule has 6 N–H and O–H groups in total. The first-order valence-electron chi connectivity index (χ1n) is 21.2. The van der Waals surface area contributed by atoms with E-state index < -0.39 is 76.7 Å². The van der Waals surface area contributed by atoms with E-state index in [1.165, 1.54) is 31.8 Å². The maximum Gasteiger partial charge on any atom is 0.472 e. The minimum atomic E-state index is -4.72. The van der Waals surface area contributed by atoms with Crippen molar-refractivity contribution in [1.82, 2.24) is 0 Å². The number of aliphatic hydroxyl groups excluding tert-OH is 5. The number of phosphoric ester groups is 1. The molecule has 13 nitrogen and oxygen atoms in total. The number of unbranched alkanes of at least 4 members (excludes halogenated alkanes) is 11. The first-order chi connectivity index (χ1) is 27.9. The van der Waals surface area contributed by atoms with Crippen LogP contribution in [0.15, 0.2) is 72.9 Å². The van der Waals surface area contributed by atoms with Gasteiger partial charge in [-0.15, -0.1) is 0 Å². The predicted molar refractivity (Wildman–Crippen MR) is 228 cm³/mol. The van der Waals surface area contributed by atoms with Crippen LogP contribution in [0.25, 0.3) is 0 Å². The van der Waals surface area contributed by atoms with Crippen LogP contribution in [0.4, 0.5) is 0 Å². The molecule has 0 heterocycles. The van der Waals surface area contributed by atoms with Gasteiger partial charge in [0.2, 0.25) is 0 Å². The van der Waals surface area contributed by atoms with Gasteiger partial charge in [0.25, 0.3) is 0 Å². The summed E-state index contributed by atoms with van der Waals surface area (Å²) in [5.74, 6) is -1.28. The average Bonchev–Trinajstić information content (AvgIpc) is 3.20. The molecular formula is C44H75O13P. The van der Waals surface area contributed by atoms with Gasteiger partial charge < -0.3 is 39.9 Å². The summed E-state index contributed by atoms with van der Waals surface area (Å²) in [7, 11) is -4.72. The molecule has 334 valence electrons. The van der Waals surface area contributed by atoms with E-state index in [2.05, 4.69) is 42.7 Å². The van der Waals surface area contributed by atoms with E-state index in [-0.39, 0.29) is 25.7 Å². The van der Waals surface area contributed by atoms with Gasteiger partial charge >= 0.3 is 19.8 Å². The Labute approximate surface area is 347 Å². The van der Waals surface area contributed by atoms with Crippen LogP contribution in [-0.4, -0.2) is 99.3 Å². The van der Waals surface area contributed by atoms with Gasteiger partial charge in [-0.2, -0.15) is 0 Å². The number of allylic oxidation sites excluding steroid dienone is 10. The van der Waals surface area contributed by atoms with Crippen molar-refractivity contribution in [2.75, 3.05) is 26.4 Å². The van der Waals surface area contributed by atoms with Crippen molar-refractivity contribution in [3.05, 3.63) is 72.9 Å². The van der Waals surface area contributed by atoms with Crippen LogP contribution in [0.3, 0.4) is 0 Å². The van der Waals surface area contributed by atoms with Crippen molar-refractivity contribution < 1.29 is 63.1 Å². The van der Waals surface area contributed by atoms with Gasteiger partial charge in [0.1, 0.15) is 12.7 Å². The van der Waals surface area contributed by atoms with Crippen LogP contribution < -0.4 is 0 Å². The van der Waals surface area contributed by atoms with E-state index >= 15 is 0 Å². The van der Waals surface area contributed by atoms with E-state index in [0.717, 1.165) is 64.2 Å². The molecule has 58 heavy (non-hydrogen) atoms. The number of esters is 2. The van der Waals surface area contributed by atoms with Crippen molar-refractivity contribution in [3.8, 4) is 0 Å². The molecular weight excluding hydrogens is 767 g/mol. The van der Waals surface area contributed by atoms with Crippen LogP contribution in [0.1, 0.15) is 136 Å². The summed E-state index contributed by atoms with van der Waals surface area (Å²) < 4.78 is 32.4. The molecule has 0 saturated heterocycles. The normalized spacial score (nSPS) is 16.2. The number of hydrogen-bond acceptors (Lipinski definition) is 12. The number of ether oxygens (including phenoxy) is 2. The minimum Gasteiger partial charge on any atom is -0.462 e. The minimum absolute atomic E-state index is 0.0614. The topological polar surface area (TPSA) is 210 Å². The smallest absolute Gasteiger partial charge is 0.462 e. The van der Waals surface area contributed by atoms with Crippen LogP contribution in [0, 0.1) is 0 Å². The second-order valence-corrected chi connectivity index (χ2v) is 15.7. The number of carbonyl (C=O) groups is 2. The molecule has 6 atom stereocenters. The zero-order chi connectivity index (χ0) is 43.1. The highest BCUT2D eigenvalue weighted by atomic mass is 31.2. The molecule has 0 aliphatic heterocycles. The maximum absolute atomic E-state index is 12.6. The molecule has 0 aliphatic rings. The fraction of sp³-hybridized carbons (Fsp3) is 0.682. The fourth-order valence-corrected chi connectivity index (χ4v) is 6.04. The van der Waals surface area contributed by atoms with Crippen molar-refractivity contribution in [2.45, 2.75) is 166 Å². The Hall–Kier alpha value is -2.71. The van der Waals surface area contributed by atoms with Crippen LogP contribution in [-0.2, 0) is 32.7 Å². The van der Waals surface area contributed by atoms with Gasteiger partial charge in [-0.05, 0) is 51.4 Å². The third-order valence-corrected chi connectivity index (χ3v) is 9.68. The summed E-state index contributed by atoms with van der Waals surface area (Å²) in [6.07, 6.45) is 32.3. The first kappa shape index (κ1) is 55.3. The molecule has 0 bridgehead atoms. The van der Waals surface area contributed by atoms with Crippen molar-refractivity contribution in [1.29, 1.82) is 0 Å². The molecule has 0 aliphatic carbocycles. The summed E-state index contributed by atoms with van der Waals surface area (Å²) in [5.41, 5.74) is 0. The molecule has 0 spiro atoms. The lowest BCUT2D eigenvalue weighted by atomic mass is 10.1. The maximum atomic E-state index is 12.6. The van der Waals surface area contributed by atoms with Gasteiger partial charge in [-0.25, -0.2) is 4.57 Å². The Kier molecular flexibility index (Phi) is 36.7. The number of aliphatic hydroxyl groups is 5. The molecule has 0 amide bonds. The van der Waals surface area contributed by atoms with Gasteiger partial charge in [0.15, 0.2) is 6.10 Å². The summed E-state index contributed by atoms with van der Waals surface area (Å²) >= 11 is 0. The average molecular weight is 843 g/mol. The summed E-state index contributed by atoms with van der Waals surface area (Å²) in [4.78, 5) is 35.0. The predicted octanol–water partition coefficient (Wildman–Crippen LogP) is 7.80. The van der Waals surface area contributed by atoms with Gasteiger partial charge in [0.05, 0.1) is 38.1 Å². The lowest BCUT2D eigenvalue weighted by Gasteiger charge is -2.20. The molecule has 0 fully saturated rings. The highest BCUT2D eigenvalue weighted by Crippen LogP contribution is 2.43. The zero-order valence-corrected chi connectivity index (χ0v) is 36.0. The monoisotopic (exact) mass is 842 g/mol. The van der Waals surface area contributed by atoms with Crippen LogP contribution in [0.2, 0.25) is 0 Å². The summed E-state index contributed by atoms with van der Waals surface area (Å²) in [5, 5.41) is 48.8. The SMILES string of the molecule is CCCCCC/C=C\C=C/CCCCCCCC(=O)OC[C@H](COP(=O)(O)OC[C@@H](O)CO)OC(=O)CCC[C@H](O)[C@@H](O)/C=C/C=C/C=C\C=C\[C@@H](O)CCCCC. The summed E-state index contributed by atoms with van der Waals surface area (Å²) in [6.45, 7) is 1.82. The van der Waals surface area contributed by atoms with E-state index in [1.54, 1.807) is 42.5 Å². The second kappa shape index (κ2) is 38.5. The van der Waals surface area contributed by atoms with Gasteiger partial charge in [0, 0.05) is 12.8 Å². The van der Waals surface area contributed by atoms with Gasteiger partial charge in [-0.1, -0.05) is 145 Å². The molecule has 0 aromatic rings. The van der Waals surface area contributed by atoms with E-state index in [9.17, 15) is 39.5 Å². The molecule has 14 heteroatoms. The Morgan fingerprint density at radius 2 is 1.16 bits per heavy atom. The number of rotatable bonds is 38. The van der Waals surface area contributed by atoms with Crippen LogP contribution in [0.5, 0.6) is 0 Å². The number of phosphoric acid groups is 1. The fourth-order valence-electron chi connectivity index (χ4n) is 5.25. The lowest BCUT2D eigenvalue weighted by Crippen LogP contribution is -2.30. The lowest BCUT2D eigenvalue weighted by molar-refractivity contribution is -0.161. The molecule has 0 saturated carbocycles. The molecule has 0 radical (unpaired) electrons. The molecule has 1 unspecified atom stereocenters. The highest BCUT2D eigenvalue weighted by molar-refractivity contribution is 7.47. The van der Waals surface area contributed by atoms with E-state index in [1.807, 2.05) is 0 Å². The Bertz CT molecular complexity index is 1250. The Morgan fingerprint density at radius 1 is 0.603 bits per heavy atom. The third kappa shape index (κ3) is 36.4. The quantitative estimate of drug-likeness (QED) is 0.0152. The van der Waals surface area contributed by atoms with Crippen molar-refractivity contribution in [3.63, 3.8) is 0 Å². The third-order valence-electron chi connectivity index (χ3n) is 8.73. The van der Waals surface area contributed by atoms with Crippen LogP contribution >= 0.6 is 7.82 Å². The Morgan fingerprint density at radius 3 is 1.81 bits per heavy atom. The largest absolute Gasteiger partial charge is 0.472 e. The molecule has 0 aromatic heterocycles. The standard InChI is InChI=1S/C44H75O13P/c1-3-5-7-8-9-10-11-12-13-14-15-16-17-22-26-32-43(50)54-36-40(37-56-58(52,53)55-35-39(47)34-45)57-44(51)33-27-31-42(49)41(48)30-25-21-19-18-20-24-29-38(46)28-23-6-4-2/h10-13,18-21,24-25,29-30,38-42,45-49H,3-9,14-17,22-23,26-28,31-37H2,1-2H3,(H,52,53)/b11-10-,13-12-,20-18-,21-19+,29-24+,30-25+/t38-,39-,40+,41-,42-/m0/s1. The molecule has 0 rings (SSSR count). The number of carbonyl (C=O) groups excluding carboxylic acids is 2. The van der Waals surface area contributed by atoms with Gasteiger partial charge in [-0.3, -0.25) is 18.6 Å². The van der Waals surface area contributed by atoms with E-state index in [4.69, 9.17) is 19.1 Å². The number of hydrogen-bond donors (Lipinski definition) is 6. The molecule has 0 aromatic carbocycles. The second-order valence-electron chi connectivity index (χ2n) is 14.3.